The normalized spacial score (nSPS) is 11.3. The minimum Gasteiger partial charge on any atom is -0.421 e. The van der Waals surface area contributed by atoms with E-state index >= 15 is 0 Å². The van der Waals surface area contributed by atoms with Crippen LogP contribution in [0.5, 0.6) is 5.75 Å². The van der Waals surface area contributed by atoms with Gasteiger partial charge in [0.2, 0.25) is 0 Å². The average Bonchev–Trinajstić information content (AvgIpc) is 2.89. The Kier molecular flexibility index (Phi) is 8.00. The number of nitrogens with zero attached hydrogens (tertiary/aromatic N) is 3. The van der Waals surface area contributed by atoms with E-state index in [0.717, 1.165) is 11.1 Å². The van der Waals surface area contributed by atoms with Crippen molar-refractivity contribution in [3.8, 4) is 17.1 Å². The lowest BCUT2D eigenvalue weighted by atomic mass is 10.1. The van der Waals surface area contributed by atoms with Crippen molar-refractivity contribution in [3.63, 3.8) is 0 Å². The highest BCUT2D eigenvalue weighted by molar-refractivity contribution is 9.11. The SMILES string of the molecule is Cc1cccc(-c2nc3ccccc3c(=O)n2N=Cc2cc(Br)cc(Br)c2OC(=O)c2ccc(Cl)cc2Cl)c1. The molecular formula is C29H17Br2Cl2N3O3. The van der Waals surface area contributed by atoms with Crippen LogP contribution >= 0.6 is 55.1 Å². The predicted octanol–water partition coefficient (Wildman–Crippen LogP) is 8.31. The maximum absolute atomic E-state index is 13.6. The zero-order valence-corrected chi connectivity index (χ0v) is 24.8. The highest BCUT2D eigenvalue weighted by Crippen LogP contribution is 2.34. The van der Waals surface area contributed by atoms with Gasteiger partial charge in [-0.05, 0) is 71.4 Å². The summed E-state index contributed by atoms with van der Waals surface area (Å²) in [5, 5.41) is 5.50. The molecule has 0 saturated heterocycles. The van der Waals surface area contributed by atoms with Crippen LogP contribution in [-0.4, -0.2) is 21.8 Å². The van der Waals surface area contributed by atoms with Gasteiger partial charge in [0, 0.05) is 20.6 Å². The van der Waals surface area contributed by atoms with E-state index in [1.807, 2.05) is 37.3 Å². The summed E-state index contributed by atoms with van der Waals surface area (Å²) in [5.74, 6) is -0.115. The van der Waals surface area contributed by atoms with Gasteiger partial charge in [-0.25, -0.2) is 9.78 Å². The molecule has 0 atom stereocenters. The third-order valence-electron chi connectivity index (χ3n) is 5.73. The zero-order valence-electron chi connectivity index (χ0n) is 20.2. The molecule has 0 saturated carbocycles. The Labute approximate surface area is 250 Å². The number of para-hydroxylation sites is 1. The lowest BCUT2D eigenvalue weighted by molar-refractivity contribution is 0.0733. The van der Waals surface area contributed by atoms with Crippen molar-refractivity contribution in [2.24, 2.45) is 5.10 Å². The average molecular weight is 686 g/mol. The fourth-order valence-electron chi connectivity index (χ4n) is 3.91. The smallest absolute Gasteiger partial charge is 0.345 e. The van der Waals surface area contributed by atoms with Crippen LogP contribution in [0.25, 0.3) is 22.3 Å². The molecule has 39 heavy (non-hydrogen) atoms. The van der Waals surface area contributed by atoms with Crippen molar-refractivity contribution < 1.29 is 9.53 Å². The standard InChI is InChI=1S/C29H17Br2Cl2N3O3/c1-16-5-4-6-17(11-16)27-35-25-8-3-2-7-22(25)28(37)36(27)34-15-18-12-19(30)13-23(31)26(18)39-29(38)21-10-9-20(32)14-24(21)33/h2-15H,1H3. The molecule has 0 unspecified atom stereocenters. The zero-order chi connectivity index (χ0) is 27.7. The molecule has 0 fully saturated rings. The topological polar surface area (TPSA) is 73.6 Å². The first-order valence-electron chi connectivity index (χ1n) is 11.5. The monoisotopic (exact) mass is 683 g/mol. The van der Waals surface area contributed by atoms with E-state index < -0.39 is 5.97 Å². The third-order valence-corrected chi connectivity index (χ3v) is 7.32. The van der Waals surface area contributed by atoms with E-state index in [9.17, 15) is 9.59 Å². The summed E-state index contributed by atoms with van der Waals surface area (Å²) < 4.78 is 8.16. The summed E-state index contributed by atoms with van der Waals surface area (Å²) >= 11 is 19.1. The number of carbonyl (C=O) groups excluding carboxylic acids is 1. The van der Waals surface area contributed by atoms with Crippen LogP contribution in [0.3, 0.4) is 0 Å². The van der Waals surface area contributed by atoms with Crippen molar-refractivity contribution in [1.29, 1.82) is 0 Å². The van der Waals surface area contributed by atoms with E-state index in [-0.39, 0.29) is 21.9 Å². The van der Waals surface area contributed by atoms with Crippen LogP contribution < -0.4 is 10.3 Å². The molecule has 0 spiro atoms. The lowest BCUT2D eigenvalue weighted by Crippen LogP contribution is -2.20. The molecule has 194 valence electrons. The third kappa shape index (κ3) is 5.84. The molecule has 6 nitrogen and oxygen atoms in total. The quantitative estimate of drug-likeness (QED) is 0.106. The molecule has 0 amide bonds. The first kappa shape index (κ1) is 27.3. The fraction of sp³-hybridized carbons (Fsp3) is 0.0345. The molecule has 0 aliphatic rings. The van der Waals surface area contributed by atoms with E-state index in [2.05, 4.69) is 37.0 Å². The number of benzene rings is 4. The Hall–Kier alpha value is -3.30. The molecular weight excluding hydrogens is 669 g/mol. The van der Waals surface area contributed by atoms with E-state index in [4.69, 9.17) is 32.9 Å². The van der Waals surface area contributed by atoms with E-state index in [0.29, 0.717) is 36.3 Å². The van der Waals surface area contributed by atoms with Gasteiger partial charge in [0.25, 0.3) is 5.56 Å². The number of esters is 1. The molecule has 5 aromatic rings. The second-order valence-corrected chi connectivity index (χ2v) is 11.1. The predicted molar refractivity (Wildman–Crippen MR) is 162 cm³/mol. The van der Waals surface area contributed by atoms with Crippen molar-refractivity contribution >= 4 is 78.1 Å². The van der Waals surface area contributed by atoms with Crippen molar-refractivity contribution in [3.05, 3.63) is 125 Å². The van der Waals surface area contributed by atoms with Crippen LogP contribution in [0.15, 0.2) is 97.7 Å². The molecule has 0 aliphatic heterocycles. The number of aryl methyl sites for hydroxylation is 1. The molecule has 0 radical (unpaired) electrons. The highest BCUT2D eigenvalue weighted by atomic mass is 79.9. The van der Waals surface area contributed by atoms with Crippen LogP contribution in [0, 0.1) is 6.92 Å². The maximum Gasteiger partial charge on any atom is 0.345 e. The van der Waals surface area contributed by atoms with E-state index in [1.165, 1.54) is 23.0 Å². The minimum atomic E-state index is -0.681. The van der Waals surface area contributed by atoms with Gasteiger partial charge in [-0.2, -0.15) is 9.78 Å². The number of halogens is 4. The Morgan fingerprint density at radius 1 is 1.00 bits per heavy atom. The fourth-order valence-corrected chi connectivity index (χ4v) is 5.73. The number of fused-ring (bicyclic) bond motifs is 1. The summed E-state index contributed by atoms with van der Waals surface area (Å²) in [5.41, 5.74) is 2.53. The largest absolute Gasteiger partial charge is 0.421 e. The number of rotatable bonds is 5. The van der Waals surface area contributed by atoms with Gasteiger partial charge in [-0.1, -0.05) is 75.0 Å². The van der Waals surface area contributed by atoms with Crippen molar-refractivity contribution in [2.45, 2.75) is 6.92 Å². The van der Waals surface area contributed by atoms with Gasteiger partial charge < -0.3 is 4.74 Å². The number of carbonyl (C=O) groups is 1. The van der Waals surface area contributed by atoms with Gasteiger partial charge in [-0.3, -0.25) is 4.79 Å². The molecule has 0 N–H and O–H groups in total. The number of hydrogen-bond donors (Lipinski definition) is 0. The summed E-state index contributed by atoms with van der Waals surface area (Å²) in [6, 6.07) is 22.7. The van der Waals surface area contributed by atoms with Gasteiger partial charge in [0.15, 0.2) is 11.6 Å². The lowest BCUT2D eigenvalue weighted by Gasteiger charge is -2.12. The maximum atomic E-state index is 13.6. The Balaban J connectivity index is 1.63. The van der Waals surface area contributed by atoms with Crippen LogP contribution in [-0.2, 0) is 0 Å². The van der Waals surface area contributed by atoms with Crippen LogP contribution in [0.1, 0.15) is 21.5 Å². The minimum absolute atomic E-state index is 0.149. The molecule has 1 heterocycles. The first-order chi connectivity index (χ1) is 18.7. The summed E-state index contributed by atoms with van der Waals surface area (Å²) in [6.07, 6.45) is 1.44. The Morgan fingerprint density at radius 3 is 2.56 bits per heavy atom. The van der Waals surface area contributed by atoms with Crippen molar-refractivity contribution in [1.82, 2.24) is 9.66 Å². The van der Waals surface area contributed by atoms with Crippen molar-refractivity contribution in [2.75, 3.05) is 0 Å². The summed E-state index contributed by atoms with van der Waals surface area (Å²) in [4.78, 5) is 31.3. The number of aromatic nitrogens is 2. The molecule has 1 aromatic heterocycles. The van der Waals surface area contributed by atoms with Crippen LogP contribution in [0.2, 0.25) is 10.0 Å². The second kappa shape index (κ2) is 11.4. The molecule has 4 aromatic carbocycles. The van der Waals surface area contributed by atoms with Gasteiger partial charge in [0.1, 0.15) is 0 Å². The second-order valence-electron chi connectivity index (χ2n) is 8.50. The number of hydrogen-bond acceptors (Lipinski definition) is 5. The van der Waals surface area contributed by atoms with Gasteiger partial charge in [0.05, 0.1) is 32.2 Å². The molecule has 0 aliphatic carbocycles. The Morgan fingerprint density at radius 2 is 1.79 bits per heavy atom. The highest BCUT2D eigenvalue weighted by Gasteiger charge is 2.19. The first-order valence-corrected chi connectivity index (χ1v) is 13.8. The summed E-state index contributed by atoms with van der Waals surface area (Å²) in [6.45, 7) is 1.96. The number of ether oxygens (including phenoxy) is 1. The van der Waals surface area contributed by atoms with Gasteiger partial charge >= 0.3 is 5.97 Å². The summed E-state index contributed by atoms with van der Waals surface area (Å²) in [7, 11) is 0. The van der Waals surface area contributed by atoms with Gasteiger partial charge in [-0.15, -0.1) is 0 Å². The van der Waals surface area contributed by atoms with E-state index in [1.54, 1.807) is 36.4 Å². The molecule has 5 rings (SSSR count). The molecule has 0 bridgehead atoms. The Bertz CT molecular complexity index is 1850. The molecule has 10 heteroatoms. The van der Waals surface area contributed by atoms with Crippen LogP contribution in [0.4, 0.5) is 0 Å².